The van der Waals surface area contributed by atoms with Crippen LogP contribution in [0.3, 0.4) is 0 Å². The lowest BCUT2D eigenvalue weighted by Crippen LogP contribution is -2.49. The number of imide groups is 1. The molecule has 0 atom stereocenters. The zero-order valence-electron chi connectivity index (χ0n) is 10.5. The van der Waals surface area contributed by atoms with Gasteiger partial charge in [0.2, 0.25) is 5.91 Å². The molecule has 1 heterocycles. The van der Waals surface area contributed by atoms with Crippen LogP contribution in [0.2, 0.25) is 0 Å². The Balaban J connectivity index is 2.41. The van der Waals surface area contributed by atoms with Crippen molar-refractivity contribution in [3.63, 3.8) is 0 Å². The zero-order chi connectivity index (χ0) is 14.0. The fourth-order valence-corrected chi connectivity index (χ4v) is 2.34. The van der Waals surface area contributed by atoms with Gasteiger partial charge in [0, 0.05) is 19.0 Å². The van der Waals surface area contributed by atoms with E-state index in [-0.39, 0.29) is 12.3 Å². The van der Waals surface area contributed by atoms with Gasteiger partial charge >= 0.3 is 6.03 Å². The van der Waals surface area contributed by atoms with Crippen molar-refractivity contribution in [3.8, 4) is 11.5 Å². The van der Waals surface area contributed by atoms with E-state index in [1.54, 1.807) is 19.2 Å². The van der Waals surface area contributed by atoms with E-state index in [1.807, 2.05) is 0 Å². The molecule has 3 amide bonds. The minimum absolute atomic E-state index is 0.262. The van der Waals surface area contributed by atoms with Crippen molar-refractivity contribution in [1.82, 2.24) is 5.32 Å². The molecule has 0 bridgehead atoms. The molecular weight excluding hydrogens is 316 g/mol. The summed E-state index contributed by atoms with van der Waals surface area (Å²) >= 11 is 3.36. The van der Waals surface area contributed by atoms with E-state index in [0.717, 1.165) is 0 Å². The average molecular weight is 329 g/mol. The quantitative estimate of drug-likeness (QED) is 0.920. The van der Waals surface area contributed by atoms with Crippen molar-refractivity contribution in [2.75, 3.05) is 25.7 Å². The Hall–Kier alpha value is -1.76. The summed E-state index contributed by atoms with van der Waals surface area (Å²) in [5.74, 6) is 0.839. The molecule has 0 aliphatic carbocycles. The first-order valence-electron chi connectivity index (χ1n) is 5.59. The summed E-state index contributed by atoms with van der Waals surface area (Å²) in [7, 11) is 3.06. The maximum absolute atomic E-state index is 11.8. The fraction of sp³-hybridized carbons (Fsp3) is 0.333. The molecule has 102 valence electrons. The first-order valence-corrected chi connectivity index (χ1v) is 6.39. The second-order valence-corrected chi connectivity index (χ2v) is 4.77. The van der Waals surface area contributed by atoms with Gasteiger partial charge in [-0.2, -0.15) is 0 Å². The number of carbonyl (C=O) groups excluding carboxylic acids is 2. The van der Waals surface area contributed by atoms with Gasteiger partial charge in [-0.25, -0.2) is 4.79 Å². The Kier molecular flexibility index (Phi) is 3.94. The summed E-state index contributed by atoms with van der Waals surface area (Å²) in [6.07, 6.45) is 0.262. The van der Waals surface area contributed by atoms with Crippen LogP contribution in [0, 0.1) is 0 Å². The van der Waals surface area contributed by atoms with Gasteiger partial charge in [-0.15, -0.1) is 0 Å². The Morgan fingerprint density at radius 3 is 2.47 bits per heavy atom. The third-order valence-corrected chi connectivity index (χ3v) is 3.42. The van der Waals surface area contributed by atoms with Crippen molar-refractivity contribution in [1.29, 1.82) is 0 Å². The van der Waals surface area contributed by atoms with Crippen LogP contribution in [0.15, 0.2) is 16.6 Å². The summed E-state index contributed by atoms with van der Waals surface area (Å²) in [5, 5.41) is 2.27. The molecule has 1 aliphatic rings. The highest BCUT2D eigenvalue weighted by atomic mass is 79.9. The Bertz CT molecular complexity index is 533. The molecule has 0 aromatic heterocycles. The second-order valence-electron chi connectivity index (χ2n) is 3.91. The number of urea groups is 1. The lowest BCUT2D eigenvalue weighted by molar-refractivity contribution is -0.120. The molecular formula is C12H13BrN2O4. The molecule has 1 aliphatic heterocycles. The molecule has 19 heavy (non-hydrogen) atoms. The summed E-state index contributed by atoms with van der Waals surface area (Å²) in [5.41, 5.74) is 0.583. The van der Waals surface area contributed by atoms with Crippen LogP contribution in [-0.2, 0) is 4.79 Å². The van der Waals surface area contributed by atoms with Crippen molar-refractivity contribution in [2.24, 2.45) is 0 Å². The molecule has 1 N–H and O–H groups in total. The van der Waals surface area contributed by atoms with E-state index >= 15 is 0 Å². The summed E-state index contributed by atoms with van der Waals surface area (Å²) in [6.45, 7) is 0.319. The number of nitrogens with one attached hydrogen (secondary N) is 1. The molecule has 6 nitrogen and oxygen atoms in total. The van der Waals surface area contributed by atoms with Crippen molar-refractivity contribution < 1.29 is 19.1 Å². The normalized spacial score (nSPS) is 15.2. The Morgan fingerprint density at radius 2 is 1.89 bits per heavy atom. The van der Waals surface area contributed by atoms with Gasteiger partial charge in [0.05, 0.1) is 24.4 Å². The maximum Gasteiger partial charge on any atom is 0.328 e. The van der Waals surface area contributed by atoms with E-state index in [9.17, 15) is 9.59 Å². The van der Waals surface area contributed by atoms with Gasteiger partial charge in [0.25, 0.3) is 0 Å². The molecule has 0 spiro atoms. The van der Waals surface area contributed by atoms with Crippen LogP contribution in [0.5, 0.6) is 11.5 Å². The maximum atomic E-state index is 11.8. The lowest BCUT2D eigenvalue weighted by Gasteiger charge is -2.28. The number of hydrogen-bond acceptors (Lipinski definition) is 4. The number of hydrogen-bond donors (Lipinski definition) is 1. The number of halogens is 1. The smallest absolute Gasteiger partial charge is 0.328 e. The highest BCUT2D eigenvalue weighted by Gasteiger charge is 2.27. The first kappa shape index (κ1) is 13.7. The minimum Gasteiger partial charge on any atom is -0.495 e. The average Bonchev–Trinajstić information content (AvgIpc) is 2.38. The van der Waals surface area contributed by atoms with Crippen molar-refractivity contribution >= 4 is 33.6 Å². The van der Waals surface area contributed by atoms with Crippen LogP contribution >= 0.6 is 15.9 Å². The summed E-state index contributed by atoms with van der Waals surface area (Å²) in [6, 6.07) is 2.96. The van der Waals surface area contributed by atoms with E-state index in [4.69, 9.17) is 9.47 Å². The molecule has 0 saturated carbocycles. The number of methoxy groups -OCH3 is 2. The molecule has 1 saturated heterocycles. The zero-order valence-corrected chi connectivity index (χ0v) is 12.1. The highest BCUT2D eigenvalue weighted by Crippen LogP contribution is 2.38. The number of nitrogens with zero attached hydrogens (tertiary/aromatic N) is 1. The van der Waals surface area contributed by atoms with Gasteiger partial charge in [0.15, 0.2) is 0 Å². The van der Waals surface area contributed by atoms with Crippen molar-refractivity contribution in [3.05, 3.63) is 16.6 Å². The molecule has 1 aromatic carbocycles. The van der Waals surface area contributed by atoms with Gasteiger partial charge in [-0.1, -0.05) is 0 Å². The topological polar surface area (TPSA) is 67.9 Å². The van der Waals surface area contributed by atoms with Gasteiger partial charge in [-0.3, -0.25) is 15.0 Å². The van der Waals surface area contributed by atoms with E-state index in [0.29, 0.717) is 28.2 Å². The van der Waals surface area contributed by atoms with Crippen LogP contribution in [0.25, 0.3) is 0 Å². The Labute approximate surface area is 118 Å². The fourth-order valence-electron chi connectivity index (χ4n) is 1.85. The monoisotopic (exact) mass is 328 g/mol. The minimum atomic E-state index is -0.452. The number of ether oxygens (including phenoxy) is 2. The molecule has 7 heteroatoms. The number of carbonyl (C=O) groups is 2. The third-order valence-electron chi connectivity index (χ3n) is 2.80. The number of benzene rings is 1. The van der Waals surface area contributed by atoms with Crippen LogP contribution in [0.4, 0.5) is 10.5 Å². The van der Waals surface area contributed by atoms with Crippen LogP contribution < -0.4 is 19.7 Å². The van der Waals surface area contributed by atoms with E-state index in [1.165, 1.54) is 12.0 Å². The van der Waals surface area contributed by atoms with Crippen molar-refractivity contribution in [2.45, 2.75) is 6.42 Å². The second kappa shape index (κ2) is 5.48. The predicted molar refractivity (Wildman–Crippen MR) is 72.7 cm³/mol. The largest absolute Gasteiger partial charge is 0.495 e. The SMILES string of the molecule is COc1cc(OC)c(N2CCC(=O)NC2=O)cc1Br. The lowest BCUT2D eigenvalue weighted by atomic mass is 10.2. The molecule has 1 fully saturated rings. The highest BCUT2D eigenvalue weighted by molar-refractivity contribution is 9.10. The van der Waals surface area contributed by atoms with E-state index in [2.05, 4.69) is 21.2 Å². The molecule has 0 radical (unpaired) electrons. The molecule has 2 rings (SSSR count). The summed E-state index contributed by atoms with van der Waals surface area (Å²) < 4.78 is 11.1. The first-order chi connectivity index (χ1) is 9.06. The number of anilines is 1. The van der Waals surface area contributed by atoms with Crippen LogP contribution in [0.1, 0.15) is 6.42 Å². The molecule has 0 unspecified atom stereocenters. The Morgan fingerprint density at radius 1 is 1.21 bits per heavy atom. The standard InChI is InChI=1S/C12H13BrN2O4/c1-18-9-6-10(19-2)8(5-7(9)13)15-4-3-11(16)14-12(15)17/h5-6H,3-4H2,1-2H3,(H,14,16,17). The number of amides is 3. The summed E-state index contributed by atoms with van der Waals surface area (Å²) in [4.78, 5) is 24.4. The molecule has 1 aromatic rings. The van der Waals surface area contributed by atoms with Gasteiger partial charge in [0.1, 0.15) is 11.5 Å². The van der Waals surface area contributed by atoms with Gasteiger partial charge < -0.3 is 9.47 Å². The predicted octanol–water partition coefficient (Wildman–Crippen LogP) is 1.91. The third kappa shape index (κ3) is 2.65. The van der Waals surface area contributed by atoms with Crippen LogP contribution in [-0.4, -0.2) is 32.7 Å². The van der Waals surface area contributed by atoms with Gasteiger partial charge in [-0.05, 0) is 22.0 Å². The van der Waals surface area contributed by atoms with E-state index < -0.39 is 6.03 Å². The number of rotatable bonds is 3.